The number of anilines is 2. The second-order valence-electron chi connectivity index (χ2n) is 4.01. The Morgan fingerprint density at radius 3 is 2.76 bits per heavy atom. The molecule has 0 spiro atoms. The molecule has 0 saturated carbocycles. The van der Waals surface area contributed by atoms with Gasteiger partial charge in [0.05, 0.1) is 6.54 Å². The highest BCUT2D eigenvalue weighted by atomic mass is 16.4. The fourth-order valence-corrected chi connectivity index (χ4v) is 1.48. The van der Waals surface area contributed by atoms with Crippen molar-refractivity contribution >= 4 is 11.4 Å². The summed E-state index contributed by atoms with van der Waals surface area (Å²) < 4.78 is 5.29. The van der Waals surface area contributed by atoms with Crippen LogP contribution in [0.3, 0.4) is 0 Å². The van der Waals surface area contributed by atoms with Gasteiger partial charge in [0.15, 0.2) is 0 Å². The van der Waals surface area contributed by atoms with Crippen LogP contribution in [0, 0.1) is 6.92 Å². The molecule has 5 nitrogen and oxygen atoms in total. The fraction of sp³-hybridized carbons (Fsp3) is 0.333. The molecule has 0 radical (unpaired) electrons. The summed E-state index contributed by atoms with van der Waals surface area (Å²) in [7, 11) is 4.03. The molecular formula is C12H16N4O. The van der Waals surface area contributed by atoms with Crippen molar-refractivity contribution in [3.63, 3.8) is 0 Å². The molecule has 17 heavy (non-hydrogen) atoms. The zero-order valence-corrected chi connectivity index (χ0v) is 10.3. The quantitative estimate of drug-likeness (QED) is 0.874. The summed E-state index contributed by atoms with van der Waals surface area (Å²) in [5.74, 6) is 1.18. The summed E-state index contributed by atoms with van der Waals surface area (Å²) in [5, 5.41) is 11.0. The zero-order valence-electron chi connectivity index (χ0n) is 10.3. The third kappa shape index (κ3) is 2.96. The van der Waals surface area contributed by atoms with Crippen molar-refractivity contribution in [2.45, 2.75) is 13.5 Å². The van der Waals surface area contributed by atoms with Crippen molar-refractivity contribution in [3.8, 4) is 0 Å². The van der Waals surface area contributed by atoms with Crippen LogP contribution in [-0.2, 0) is 6.54 Å². The Kier molecular flexibility index (Phi) is 3.27. The van der Waals surface area contributed by atoms with Gasteiger partial charge in [-0.2, -0.15) is 0 Å². The molecular weight excluding hydrogens is 216 g/mol. The van der Waals surface area contributed by atoms with E-state index in [1.807, 2.05) is 26.2 Å². The van der Waals surface area contributed by atoms with Crippen molar-refractivity contribution in [1.82, 2.24) is 10.2 Å². The van der Waals surface area contributed by atoms with Crippen molar-refractivity contribution in [2.75, 3.05) is 24.3 Å². The van der Waals surface area contributed by atoms with Crippen LogP contribution < -0.4 is 10.2 Å². The van der Waals surface area contributed by atoms with Gasteiger partial charge in [-0.3, -0.25) is 0 Å². The topological polar surface area (TPSA) is 54.2 Å². The van der Waals surface area contributed by atoms with E-state index in [1.54, 1.807) is 6.92 Å². The maximum absolute atomic E-state index is 5.29. The minimum atomic E-state index is 0.539. The minimum Gasteiger partial charge on any atom is -0.424 e. The molecule has 0 atom stereocenters. The van der Waals surface area contributed by atoms with Gasteiger partial charge >= 0.3 is 0 Å². The molecule has 0 unspecified atom stereocenters. The molecule has 1 aromatic heterocycles. The minimum absolute atomic E-state index is 0.539. The van der Waals surface area contributed by atoms with Gasteiger partial charge in [0.25, 0.3) is 0 Å². The fourth-order valence-electron chi connectivity index (χ4n) is 1.48. The Bertz CT molecular complexity index is 493. The first-order valence-electron chi connectivity index (χ1n) is 5.45. The first-order chi connectivity index (χ1) is 8.15. The summed E-state index contributed by atoms with van der Waals surface area (Å²) in [5.41, 5.74) is 2.18. The smallest absolute Gasteiger partial charge is 0.235 e. The van der Waals surface area contributed by atoms with Gasteiger partial charge in [0.1, 0.15) is 0 Å². The second-order valence-corrected chi connectivity index (χ2v) is 4.01. The lowest BCUT2D eigenvalue weighted by atomic mass is 10.2. The highest BCUT2D eigenvalue weighted by Crippen LogP contribution is 2.17. The molecule has 0 aliphatic carbocycles. The summed E-state index contributed by atoms with van der Waals surface area (Å²) in [6, 6.07) is 8.15. The summed E-state index contributed by atoms with van der Waals surface area (Å²) in [6.07, 6.45) is 0. The third-order valence-corrected chi connectivity index (χ3v) is 2.37. The molecule has 5 heteroatoms. The highest BCUT2D eigenvalue weighted by Gasteiger charge is 2.02. The normalized spacial score (nSPS) is 10.3. The predicted octanol–water partition coefficient (Wildman–Crippen LogP) is 2.06. The molecule has 0 saturated heterocycles. The lowest BCUT2D eigenvalue weighted by molar-refractivity contribution is 0.475. The molecule has 0 fully saturated rings. The number of hydrogen-bond acceptors (Lipinski definition) is 5. The zero-order chi connectivity index (χ0) is 12.3. The van der Waals surface area contributed by atoms with Crippen LogP contribution in [0.5, 0.6) is 0 Å². The predicted molar refractivity (Wildman–Crippen MR) is 67.1 cm³/mol. The number of aromatic nitrogens is 2. The average molecular weight is 232 g/mol. The molecule has 2 rings (SSSR count). The van der Waals surface area contributed by atoms with E-state index in [1.165, 1.54) is 0 Å². The standard InChI is InChI=1S/C12H16N4O/c1-9-14-15-12(17-9)8-13-10-5-4-6-11(7-10)16(2)3/h4-7,13H,8H2,1-3H3. The lowest BCUT2D eigenvalue weighted by Crippen LogP contribution is -2.09. The third-order valence-electron chi connectivity index (χ3n) is 2.37. The molecule has 1 aromatic carbocycles. The van der Waals surface area contributed by atoms with Crippen LogP contribution >= 0.6 is 0 Å². The molecule has 90 valence electrons. The molecule has 0 aliphatic heterocycles. The number of benzene rings is 1. The summed E-state index contributed by atoms with van der Waals surface area (Å²) >= 11 is 0. The van der Waals surface area contributed by atoms with Crippen LogP contribution in [0.15, 0.2) is 28.7 Å². The first-order valence-corrected chi connectivity index (χ1v) is 5.45. The molecule has 0 aliphatic rings. The van der Waals surface area contributed by atoms with E-state index in [9.17, 15) is 0 Å². The maximum Gasteiger partial charge on any atom is 0.235 e. The van der Waals surface area contributed by atoms with Crippen molar-refractivity contribution < 1.29 is 4.42 Å². The van der Waals surface area contributed by atoms with Crippen LogP contribution in [0.25, 0.3) is 0 Å². The second kappa shape index (κ2) is 4.86. The lowest BCUT2D eigenvalue weighted by Gasteiger charge is -2.13. The molecule has 2 aromatic rings. The SMILES string of the molecule is Cc1nnc(CNc2cccc(N(C)C)c2)o1. The molecule has 0 bridgehead atoms. The van der Waals surface area contributed by atoms with Gasteiger partial charge < -0.3 is 14.6 Å². The van der Waals surface area contributed by atoms with E-state index in [2.05, 4.69) is 32.5 Å². The Labute approximate surface area is 100 Å². The van der Waals surface area contributed by atoms with E-state index in [0.29, 0.717) is 18.3 Å². The van der Waals surface area contributed by atoms with Gasteiger partial charge in [-0.15, -0.1) is 10.2 Å². The number of hydrogen-bond donors (Lipinski definition) is 1. The van der Waals surface area contributed by atoms with Crippen molar-refractivity contribution in [1.29, 1.82) is 0 Å². The first kappa shape index (κ1) is 11.4. The van der Waals surface area contributed by atoms with E-state index < -0.39 is 0 Å². The number of rotatable bonds is 4. The molecule has 1 N–H and O–H groups in total. The van der Waals surface area contributed by atoms with E-state index in [4.69, 9.17) is 4.42 Å². The van der Waals surface area contributed by atoms with Crippen molar-refractivity contribution in [3.05, 3.63) is 36.0 Å². The van der Waals surface area contributed by atoms with Crippen LogP contribution in [0.4, 0.5) is 11.4 Å². The Balaban J connectivity index is 2.01. The van der Waals surface area contributed by atoms with Crippen LogP contribution in [0.1, 0.15) is 11.8 Å². The van der Waals surface area contributed by atoms with Gasteiger partial charge in [-0.1, -0.05) is 6.07 Å². The number of nitrogens with zero attached hydrogens (tertiary/aromatic N) is 3. The maximum atomic E-state index is 5.29. The average Bonchev–Trinajstić information content (AvgIpc) is 2.73. The van der Waals surface area contributed by atoms with E-state index >= 15 is 0 Å². The summed E-state index contributed by atoms with van der Waals surface area (Å²) in [6.45, 7) is 2.32. The van der Waals surface area contributed by atoms with Gasteiger partial charge in [-0.05, 0) is 18.2 Å². The summed E-state index contributed by atoms with van der Waals surface area (Å²) in [4.78, 5) is 2.06. The molecule has 1 heterocycles. The van der Waals surface area contributed by atoms with Crippen molar-refractivity contribution in [2.24, 2.45) is 0 Å². The number of nitrogens with one attached hydrogen (secondary N) is 1. The van der Waals surface area contributed by atoms with E-state index in [0.717, 1.165) is 11.4 Å². The van der Waals surface area contributed by atoms with Gasteiger partial charge in [-0.25, -0.2) is 0 Å². The van der Waals surface area contributed by atoms with Gasteiger partial charge in [0, 0.05) is 32.4 Å². The number of aryl methyl sites for hydroxylation is 1. The largest absolute Gasteiger partial charge is 0.424 e. The van der Waals surface area contributed by atoms with Gasteiger partial charge in [0.2, 0.25) is 11.8 Å². The molecule has 0 amide bonds. The highest BCUT2D eigenvalue weighted by molar-refractivity contribution is 5.57. The Morgan fingerprint density at radius 1 is 1.29 bits per heavy atom. The van der Waals surface area contributed by atoms with Crippen LogP contribution in [0.2, 0.25) is 0 Å². The monoisotopic (exact) mass is 232 g/mol. The van der Waals surface area contributed by atoms with E-state index in [-0.39, 0.29) is 0 Å². The van der Waals surface area contributed by atoms with Crippen LogP contribution in [-0.4, -0.2) is 24.3 Å². The Hall–Kier alpha value is -2.04. The Morgan fingerprint density at radius 2 is 2.12 bits per heavy atom.